The third kappa shape index (κ3) is 78.8. The molecule has 5 unspecified atom stereocenters. The molecule has 108 heavy (non-hydrogen) atoms. The zero-order chi connectivity index (χ0) is 78.9. The van der Waals surface area contributed by atoms with Gasteiger partial charge in [0.25, 0.3) is 0 Å². The molecule has 0 aliphatic rings. The first-order valence-corrected chi connectivity index (χ1v) is 44.7. The highest BCUT2D eigenvalue weighted by Crippen LogP contribution is 2.45. The molecule has 0 aliphatic heterocycles. The first-order valence-electron chi connectivity index (χ1n) is 41.7. The summed E-state index contributed by atoms with van der Waals surface area (Å²) >= 11 is 0. The van der Waals surface area contributed by atoms with E-state index in [1.54, 1.807) is 0 Å². The van der Waals surface area contributed by atoms with E-state index in [1.807, 2.05) is 0 Å². The Bertz CT molecular complexity index is 2660. The Hall–Kier alpha value is -5.32. The van der Waals surface area contributed by atoms with Crippen LogP contribution in [0, 0.1) is 0 Å². The highest BCUT2D eigenvalue weighted by atomic mass is 31.2. The number of allylic oxidation sites excluding steroid dienone is 26. The molecule has 0 fully saturated rings. The van der Waals surface area contributed by atoms with Crippen molar-refractivity contribution in [2.75, 3.05) is 39.6 Å². The maximum absolute atomic E-state index is 13.1. The van der Waals surface area contributed by atoms with Crippen molar-refractivity contribution < 1.29 is 80.2 Å². The van der Waals surface area contributed by atoms with Gasteiger partial charge in [-0.15, -0.1) is 0 Å². The highest BCUT2D eigenvalue weighted by molar-refractivity contribution is 7.47. The van der Waals surface area contributed by atoms with Crippen molar-refractivity contribution in [1.29, 1.82) is 0 Å². The van der Waals surface area contributed by atoms with Gasteiger partial charge in [0.1, 0.15) is 19.3 Å². The number of esters is 4. The van der Waals surface area contributed by atoms with E-state index in [4.69, 9.17) is 37.0 Å². The number of aliphatic hydroxyl groups excluding tert-OH is 1. The zero-order valence-corrected chi connectivity index (χ0v) is 69.3. The van der Waals surface area contributed by atoms with Crippen LogP contribution in [0.1, 0.15) is 323 Å². The monoisotopic (exact) mass is 1550 g/mol. The lowest BCUT2D eigenvalue weighted by atomic mass is 10.1. The lowest BCUT2D eigenvalue weighted by Gasteiger charge is -2.21. The third-order valence-corrected chi connectivity index (χ3v) is 18.9. The van der Waals surface area contributed by atoms with E-state index in [1.165, 1.54) is 38.5 Å². The number of rotatable bonds is 77. The highest BCUT2D eigenvalue weighted by Gasteiger charge is 2.30. The summed E-state index contributed by atoms with van der Waals surface area (Å²) in [6.45, 7) is 4.52. The van der Waals surface area contributed by atoms with Gasteiger partial charge in [0.2, 0.25) is 0 Å². The molecular formula is C89H148O17P2. The summed E-state index contributed by atoms with van der Waals surface area (Å²) in [5, 5.41) is 10.7. The number of hydrogen-bond acceptors (Lipinski definition) is 15. The SMILES string of the molecule is CC/C=C\C/C=C\C/C=C\C/C=C\CCCCCCC(=O)OCC(COP(=O)(O)OCC(O)COP(=O)(O)OCC(COC(=O)CCCCCCCC/C=C\C/C=C\C/C=C\CCCCC)OC(=O)CCCCCCC/C=C\C/C=C\CCCCC)OC(=O)CCCCCC/C=C\C/C=C\C/C=C\C/C=C\CC. The Kier molecular flexibility index (Phi) is 75.8. The van der Waals surface area contributed by atoms with Gasteiger partial charge in [-0.1, -0.05) is 282 Å². The van der Waals surface area contributed by atoms with Crippen molar-refractivity contribution in [2.45, 2.75) is 341 Å². The van der Waals surface area contributed by atoms with Gasteiger partial charge in [0.15, 0.2) is 12.2 Å². The molecule has 0 spiro atoms. The van der Waals surface area contributed by atoms with Crippen LogP contribution in [0.25, 0.3) is 0 Å². The number of hydrogen-bond donors (Lipinski definition) is 3. The maximum atomic E-state index is 13.1. The van der Waals surface area contributed by atoms with Crippen LogP contribution in [0.15, 0.2) is 158 Å². The molecule has 3 N–H and O–H groups in total. The Labute approximate surface area is 655 Å². The predicted octanol–water partition coefficient (Wildman–Crippen LogP) is 24.8. The normalized spacial score (nSPS) is 14.6. The minimum absolute atomic E-state index is 0.0556. The number of carbonyl (C=O) groups excluding carboxylic acids is 4. The Morgan fingerprint density at radius 3 is 0.741 bits per heavy atom. The fraction of sp³-hybridized carbons (Fsp3) is 0.663. The molecular weight excluding hydrogens is 1400 g/mol. The molecule has 0 bridgehead atoms. The standard InChI is InChI=1S/C89H148O17P2/c1-5-9-13-17-21-25-29-33-37-40-41-44-47-50-54-58-62-66-70-74-87(92)100-79-84(105-88(93)75-71-67-63-59-55-51-45-36-32-28-24-20-16-12-8-4)81-103-107(95,96)101-77-83(90)78-102-108(97,98)104-82-85(106-89(94)76-72-68-64-60-56-52-48-43-39-35-31-27-23-19-15-11-7-3)80-99-86(91)73-69-65-61-57-53-49-46-42-38-34-30-26-22-18-14-10-6-2/h10-11,14-15,21-28,33-39,41,44-46,48-49,52,83-85,90H,5-9,12-13,16-20,29-32,40,42-43,47,50-51,53-82H2,1-4H3,(H,95,96)(H,97,98)/b14-10-,15-11-,25-21-,26-22-,27-23-,28-24-,37-33-,38-34-,39-35-,44-41-,45-36-,49-46-,52-48-. The fourth-order valence-electron chi connectivity index (χ4n) is 10.7. The molecule has 17 nitrogen and oxygen atoms in total. The molecule has 616 valence electrons. The van der Waals surface area contributed by atoms with E-state index in [9.17, 15) is 43.2 Å². The molecule has 5 atom stereocenters. The van der Waals surface area contributed by atoms with E-state index in [2.05, 4.69) is 186 Å². The van der Waals surface area contributed by atoms with E-state index >= 15 is 0 Å². The third-order valence-electron chi connectivity index (χ3n) is 17.0. The molecule has 0 aromatic rings. The summed E-state index contributed by atoms with van der Waals surface area (Å²) in [5.74, 6) is -2.26. The molecule has 0 saturated heterocycles. The first kappa shape index (κ1) is 103. The number of unbranched alkanes of at least 4 members (excludes halogenated alkanes) is 25. The van der Waals surface area contributed by atoms with Gasteiger partial charge >= 0.3 is 39.5 Å². The Balaban J connectivity index is 5.45. The number of ether oxygens (including phenoxy) is 4. The van der Waals surface area contributed by atoms with Gasteiger partial charge < -0.3 is 33.8 Å². The van der Waals surface area contributed by atoms with Gasteiger partial charge in [-0.05, 0) is 173 Å². The average Bonchev–Trinajstić information content (AvgIpc) is 0.901. The molecule has 0 aliphatic carbocycles. The average molecular weight is 1550 g/mol. The summed E-state index contributed by atoms with van der Waals surface area (Å²) in [6, 6.07) is 0. The van der Waals surface area contributed by atoms with E-state index in [0.29, 0.717) is 25.7 Å². The lowest BCUT2D eigenvalue weighted by Crippen LogP contribution is -2.30. The smallest absolute Gasteiger partial charge is 0.462 e. The van der Waals surface area contributed by atoms with E-state index in [-0.39, 0.29) is 25.7 Å². The van der Waals surface area contributed by atoms with Gasteiger partial charge in [0, 0.05) is 25.7 Å². The van der Waals surface area contributed by atoms with Crippen LogP contribution < -0.4 is 0 Å². The van der Waals surface area contributed by atoms with Gasteiger partial charge in [-0.25, -0.2) is 9.13 Å². The zero-order valence-electron chi connectivity index (χ0n) is 67.5. The van der Waals surface area contributed by atoms with Crippen molar-refractivity contribution in [1.82, 2.24) is 0 Å². The van der Waals surface area contributed by atoms with E-state index in [0.717, 1.165) is 205 Å². The summed E-state index contributed by atoms with van der Waals surface area (Å²) in [7, 11) is -10.00. The second kappa shape index (κ2) is 79.8. The number of carbonyl (C=O) groups is 4. The largest absolute Gasteiger partial charge is 0.472 e. The predicted molar refractivity (Wildman–Crippen MR) is 445 cm³/mol. The quantitative estimate of drug-likeness (QED) is 0.0169. The summed E-state index contributed by atoms with van der Waals surface area (Å²) in [4.78, 5) is 73.2. The van der Waals surface area contributed by atoms with Crippen LogP contribution in [-0.2, 0) is 65.4 Å². The van der Waals surface area contributed by atoms with Crippen molar-refractivity contribution in [3.63, 3.8) is 0 Å². The Morgan fingerprint density at radius 1 is 0.269 bits per heavy atom. The van der Waals surface area contributed by atoms with Crippen molar-refractivity contribution in [3.8, 4) is 0 Å². The molecule has 0 aromatic carbocycles. The molecule has 0 amide bonds. The van der Waals surface area contributed by atoms with Crippen LogP contribution in [0.5, 0.6) is 0 Å². The van der Waals surface area contributed by atoms with Crippen LogP contribution in [-0.4, -0.2) is 96.7 Å². The summed E-state index contributed by atoms with van der Waals surface area (Å²) in [5.41, 5.74) is 0. The summed E-state index contributed by atoms with van der Waals surface area (Å²) in [6.07, 6.45) is 93.4. The number of aliphatic hydroxyl groups is 1. The molecule has 0 aromatic heterocycles. The molecule has 0 saturated carbocycles. The van der Waals surface area contributed by atoms with Gasteiger partial charge in [0.05, 0.1) is 26.4 Å². The van der Waals surface area contributed by atoms with Crippen molar-refractivity contribution in [3.05, 3.63) is 158 Å². The molecule has 19 heteroatoms. The van der Waals surface area contributed by atoms with Crippen molar-refractivity contribution in [2.24, 2.45) is 0 Å². The topological polar surface area (TPSA) is 237 Å². The van der Waals surface area contributed by atoms with Crippen LogP contribution >= 0.6 is 15.6 Å². The fourth-order valence-corrected chi connectivity index (χ4v) is 12.2. The molecule has 0 rings (SSSR count). The molecule has 0 radical (unpaired) electrons. The summed E-state index contributed by atoms with van der Waals surface area (Å²) < 4.78 is 68.7. The van der Waals surface area contributed by atoms with Crippen LogP contribution in [0.3, 0.4) is 0 Å². The second-order valence-electron chi connectivity index (χ2n) is 27.3. The maximum Gasteiger partial charge on any atom is 0.472 e. The van der Waals surface area contributed by atoms with Crippen LogP contribution in [0.2, 0.25) is 0 Å². The second-order valence-corrected chi connectivity index (χ2v) is 30.2. The lowest BCUT2D eigenvalue weighted by molar-refractivity contribution is -0.161. The van der Waals surface area contributed by atoms with Crippen LogP contribution in [0.4, 0.5) is 0 Å². The van der Waals surface area contributed by atoms with Crippen molar-refractivity contribution >= 4 is 39.5 Å². The number of phosphoric acid groups is 2. The molecule has 0 heterocycles. The number of phosphoric ester groups is 2. The Morgan fingerprint density at radius 2 is 0.481 bits per heavy atom. The first-order chi connectivity index (χ1) is 52.7. The van der Waals surface area contributed by atoms with Gasteiger partial charge in [-0.3, -0.25) is 37.3 Å². The minimum atomic E-state index is -5.00. The van der Waals surface area contributed by atoms with E-state index < -0.39 is 97.5 Å². The minimum Gasteiger partial charge on any atom is -0.462 e. The van der Waals surface area contributed by atoms with Gasteiger partial charge in [-0.2, -0.15) is 0 Å².